The number of rotatable bonds is 0. The van der Waals surface area contributed by atoms with Crippen LogP contribution in [0.5, 0.6) is 0 Å². The Hall–Kier alpha value is -1.10. The van der Waals surface area contributed by atoms with Crippen LogP contribution in [-0.2, 0) is 12.0 Å². The topological polar surface area (TPSA) is 20.2 Å². The summed E-state index contributed by atoms with van der Waals surface area (Å²) in [5.41, 5.74) is -3.41. The molecular weight excluding hydrogens is 200 g/mol. The second-order valence-corrected chi connectivity index (χ2v) is 3.31. The van der Waals surface area contributed by atoms with Gasteiger partial charge in [0, 0.05) is 12.0 Å². The molecule has 1 aliphatic rings. The number of halogens is 4. The summed E-state index contributed by atoms with van der Waals surface area (Å²) in [4.78, 5) is 0. The monoisotopic (exact) mass is 206 g/mol. The van der Waals surface area contributed by atoms with Crippen LogP contribution in [0.2, 0.25) is 0 Å². The van der Waals surface area contributed by atoms with Crippen LogP contribution < -0.4 is 0 Å². The molecule has 0 aliphatic heterocycles. The molecule has 2 rings (SSSR count). The van der Waals surface area contributed by atoms with Crippen molar-refractivity contribution in [3.63, 3.8) is 0 Å². The summed E-state index contributed by atoms with van der Waals surface area (Å²) < 4.78 is 50.0. The highest BCUT2D eigenvalue weighted by atomic mass is 19.4. The number of hydrogen-bond acceptors (Lipinski definition) is 1. The van der Waals surface area contributed by atoms with E-state index in [1.54, 1.807) is 0 Å². The molecule has 1 unspecified atom stereocenters. The van der Waals surface area contributed by atoms with E-state index in [0.29, 0.717) is 0 Å². The average Bonchev–Trinajstić information content (AvgIpc) is 1.99. The third-order valence-electron chi connectivity index (χ3n) is 2.43. The molecule has 0 heterocycles. The van der Waals surface area contributed by atoms with E-state index in [2.05, 4.69) is 0 Å². The molecule has 1 aliphatic carbocycles. The van der Waals surface area contributed by atoms with Gasteiger partial charge in [-0.3, -0.25) is 0 Å². The van der Waals surface area contributed by atoms with E-state index in [1.807, 2.05) is 0 Å². The molecule has 14 heavy (non-hydrogen) atoms. The maximum Gasteiger partial charge on any atom is 0.421 e. The zero-order valence-electron chi connectivity index (χ0n) is 6.90. The predicted molar refractivity (Wildman–Crippen MR) is 40.1 cm³/mol. The van der Waals surface area contributed by atoms with Crippen molar-refractivity contribution in [2.45, 2.75) is 18.2 Å². The SMILES string of the molecule is OC1(C(F)(F)F)Cc2cccc(F)c21. The fourth-order valence-electron chi connectivity index (χ4n) is 1.68. The van der Waals surface area contributed by atoms with Crippen molar-refractivity contribution in [3.05, 3.63) is 35.1 Å². The van der Waals surface area contributed by atoms with Crippen molar-refractivity contribution in [2.75, 3.05) is 0 Å². The molecule has 0 saturated carbocycles. The van der Waals surface area contributed by atoms with Gasteiger partial charge in [0.2, 0.25) is 0 Å². The number of benzene rings is 1. The minimum Gasteiger partial charge on any atom is -0.376 e. The van der Waals surface area contributed by atoms with Crippen LogP contribution in [0.1, 0.15) is 11.1 Å². The highest BCUT2D eigenvalue weighted by molar-refractivity contribution is 5.45. The first-order valence-electron chi connectivity index (χ1n) is 3.93. The second-order valence-electron chi connectivity index (χ2n) is 3.31. The van der Waals surface area contributed by atoms with Gasteiger partial charge in [0.25, 0.3) is 0 Å². The van der Waals surface area contributed by atoms with Crippen LogP contribution in [0.15, 0.2) is 18.2 Å². The lowest BCUT2D eigenvalue weighted by Crippen LogP contribution is -2.51. The summed E-state index contributed by atoms with van der Waals surface area (Å²) in [5, 5.41) is 9.21. The Bertz CT molecular complexity index is 371. The van der Waals surface area contributed by atoms with Crippen molar-refractivity contribution in [1.82, 2.24) is 0 Å². The van der Waals surface area contributed by atoms with Gasteiger partial charge < -0.3 is 5.11 Å². The van der Waals surface area contributed by atoms with Crippen molar-refractivity contribution < 1.29 is 22.7 Å². The lowest BCUT2D eigenvalue weighted by molar-refractivity contribution is -0.276. The van der Waals surface area contributed by atoms with Crippen LogP contribution in [0.3, 0.4) is 0 Å². The number of fused-ring (bicyclic) bond motifs is 1. The van der Waals surface area contributed by atoms with Crippen molar-refractivity contribution in [3.8, 4) is 0 Å². The Labute approximate surface area is 77.0 Å². The van der Waals surface area contributed by atoms with Gasteiger partial charge in [-0.25, -0.2) is 4.39 Å². The van der Waals surface area contributed by atoms with Gasteiger partial charge >= 0.3 is 6.18 Å². The lowest BCUT2D eigenvalue weighted by atomic mass is 9.72. The molecular formula is C9H6F4O. The van der Waals surface area contributed by atoms with Gasteiger partial charge in [-0.2, -0.15) is 13.2 Å². The molecule has 1 N–H and O–H groups in total. The van der Waals surface area contributed by atoms with Crippen molar-refractivity contribution in [2.24, 2.45) is 0 Å². The minimum atomic E-state index is -4.82. The normalized spacial score (nSPS) is 25.5. The van der Waals surface area contributed by atoms with E-state index >= 15 is 0 Å². The predicted octanol–water partition coefficient (Wildman–Crippen LogP) is 2.13. The zero-order valence-corrected chi connectivity index (χ0v) is 6.90. The Balaban J connectivity index is 2.54. The van der Waals surface area contributed by atoms with E-state index in [9.17, 15) is 22.7 Å². The van der Waals surface area contributed by atoms with Crippen molar-refractivity contribution in [1.29, 1.82) is 0 Å². The van der Waals surface area contributed by atoms with Gasteiger partial charge in [-0.1, -0.05) is 12.1 Å². The van der Waals surface area contributed by atoms with E-state index in [0.717, 1.165) is 6.07 Å². The van der Waals surface area contributed by atoms with Crippen LogP contribution >= 0.6 is 0 Å². The van der Waals surface area contributed by atoms with Crippen LogP contribution in [0.25, 0.3) is 0 Å². The molecule has 5 heteroatoms. The number of alkyl halides is 3. The summed E-state index contributed by atoms with van der Waals surface area (Å²) in [5.74, 6) is -1.01. The number of hydrogen-bond donors (Lipinski definition) is 1. The van der Waals surface area contributed by atoms with E-state index in [1.165, 1.54) is 12.1 Å². The van der Waals surface area contributed by atoms with Gasteiger partial charge in [-0.15, -0.1) is 0 Å². The van der Waals surface area contributed by atoms with E-state index in [-0.39, 0.29) is 5.56 Å². The molecule has 0 amide bonds. The third-order valence-corrected chi connectivity index (χ3v) is 2.43. The number of aliphatic hydroxyl groups is 1. The quantitative estimate of drug-likeness (QED) is 0.644. The molecule has 76 valence electrons. The average molecular weight is 206 g/mol. The summed E-state index contributed by atoms with van der Waals surface area (Å²) in [6, 6.07) is 3.61. The summed E-state index contributed by atoms with van der Waals surface area (Å²) in [6.45, 7) is 0. The lowest BCUT2D eigenvalue weighted by Gasteiger charge is -2.40. The Morgan fingerprint density at radius 1 is 1.29 bits per heavy atom. The molecule has 0 spiro atoms. The highest BCUT2D eigenvalue weighted by Gasteiger charge is 2.62. The Morgan fingerprint density at radius 3 is 2.43 bits per heavy atom. The first-order chi connectivity index (χ1) is 6.36. The van der Waals surface area contributed by atoms with Crippen LogP contribution in [-0.4, -0.2) is 11.3 Å². The molecule has 0 fully saturated rings. The van der Waals surface area contributed by atoms with Crippen molar-refractivity contribution >= 4 is 0 Å². The van der Waals surface area contributed by atoms with E-state index < -0.39 is 29.6 Å². The van der Waals surface area contributed by atoms with Gasteiger partial charge in [0.05, 0.1) is 0 Å². The van der Waals surface area contributed by atoms with E-state index in [4.69, 9.17) is 0 Å². The third kappa shape index (κ3) is 0.987. The summed E-state index contributed by atoms with van der Waals surface area (Å²) in [7, 11) is 0. The highest BCUT2D eigenvalue weighted by Crippen LogP contribution is 2.50. The van der Waals surface area contributed by atoms with Gasteiger partial charge in [-0.05, 0) is 11.6 Å². The van der Waals surface area contributed by atoms with Crippen LogP contribution in [0, 0.1) is 5.82 Å². The molecule has 1 aromatic rings. The summed E-state index contributed by atoms with van der Waals surface area (Å²) >= 11 is 0. The standard InChI is InChI=1S/C9H6F4O/c10-6-3-1-2-5-4-8(14,7(5)6)9(11,12)13/h1-3,14H,4H2. The molecule has 1 nitrogen and oxygen atoms in total. The first-order valence-corrected chi connectivity index (χ1v) is 3.93. The fourth-order valence-corrected chi connectivity index (χ4v) is 1.68. The first kappa shape index (κ1) is 9.45. The molecule has 1 atom stereocenters. The largest absolute Gasteiger partial charge is 0.421 e. The molecule has 0 saturated heterocycles. The molecule has 0 radical (unpaired) electrons. The van der Waals surface area contributed by atoms with Gasteiger partial charge in [0.15, 0.2) is 5.60 Å². The Kier molecular flexibility index (Phi) is 1.67. The fraction of sp³-hybridized carbons (Fsp3) is 0.333. The Morgan fingerprint density at radius 2 is 1.93 bits per heavy atom. The molecule has 0 aromatic heterocycles. The van der Waals surface area contributed by atoms with Gasteiger partial charge in [0.1, 0.15) is 5.82 Å². The zero-order chi connectivity index (χ0) is 10.6. The maximum atomic E-state index is 13.0. The smallest absolute Gasteiger partial charge is 0.376 e. The minimum absolute atomic E-state index is 0.213. The maximum absolute atomic E-state index is 13.0. The van der Waals surface area contributed by atoms with Crippen LogP contribution in [0.4, 0.5) is 17.6 Å². The molecule has 0 bridgehead atoms. The second kappa shape index (κ2) is 2.48. The summed E-state index contributed by atoms with van der Waals surface area (Å²) in [6.07, 6.45) is -5.38. The molecule has 1 aromatic carbocycles.